The van der Waals surface area contributed by atoms with E-state index >= 15 is 4.39 Å². The maximum Gasteiger partial charge on any atom is 0.254 e. The first-order valence-electron chi connectivity index (χ1n) is 10.4. The Hall–Kier alpha value is -2.38. The third kappa shape index (κ3) is 4.77. The minimum absolute atomic E-state index is 0.238. The Morgan fingerprint density at radius 1 is 1.16 bits per heavy atom. The van der Waals surface area contributed by atoms with Crippen LogP contribution in [0.5, 0.6) is 5.88 Å². The molecule has 0 saturated carbocycles. The molecule has 1 aliphatic rings. The molecule has 3 atom stereocenters. The second kappa shape index (κ2) is 9.40. The van der Waals surface area contributed by atoms with Crippen LogP contribution in [0, 0.1) is 11.6 Å². The topological polar surface area (TPSA) is 38.5 Å². The van der Waals surface area contributed by atoms with Gasteiger partial charge in [-0.25, -0.2) is 13.1 Å². The molecule has 0 amide bonds. The van der Waals surface area contributed by atoms with E-state index in [9.17, 15) is 4.39 Å². The van der Waals surface area contributed by atoms with Crippen molar-refractivity contribution in [3.05, 3.63) is 82.6 Å². The van der Waals surface area contributed by atoms with E-state index in [1.165, 1.54) is 24.8 Å². The molecule has 0 spiro atoms. The van der Waals surface area contributed by atoms with Crippen molar-refractivity contribution in [1.82, 2.24) is 9.46 Å². The highest BCUT2D eigenvalue weighted by Gasteiger charge is 2.29. The van der Waals surface area contributed by atoms with Gasteiger partial charge in [-0.2, -0.15) is 0 Å². The highest BCUT2D eigenvalue weighted by molar-refractivity contribution is 7.97. The van der Waals surface area contributed by atoms with Crippen LogP contribution in [0.3, 0.4) is 0 Å². The number of methoxy groups -OCH3 is 1. The summed E-state index contributed by atoms with van der Waals surface area (Å²) in [6.45, 7) is 4.24. The van der Waals surface area contributed by atoms with E-state index in [4.69, 9.17) is 9.26 Å². The van der Waals surface area contributed by atoms with E-state index in [1.54, 1.807) is 24.9 Å². The lowest BCUT2D eigenvalue weighted by Crippen LogP contribution is -2.32. The number of ether oxygens (including phenoxy) is 1. The maximum absolute atomic E-state index is 15.0. The molecule has 1 saturated heterocycles. The summed E-state index contributed by atoms with van der Waals surface area (Å²) in [6, 6.07) is 14.8. The van der Waals surface area contributed by atoms with Crippen LogP contribution in [0.4, 0.5) is 8.78 Å². The van der Waals surface area contributed by atoms with Gasteiger partial charge in [-0.05, 0) is 42.6 Å². The summed E-state index contributed by atoms with van der Waals surface area (Å²) in [6.07, 6.45) is 2.08. The van der Waals surface area contributed by atoms with Crippen LogP contribution >= 0.6 is 11.9 Å². The first-order valence-corrected chi connectivity index (χ1v) is 11.3. The van der Waals surface area contributed by atoms with Gasteiger partial charge in [-0.1, -0.05) is 49.2 Å². The van der Waals surface area contributed by atoms with Crippen molar-refractivity contribution >= 4 is 11.9 Å². The van der Waals surface area contributed by atoms with Gasteiger partial charge < -0.3 is 9.26 Å². The van der Waals surface area contributed by atoms with Crippen molar-refractivity contribution in [2.45, 2.75) is 50.4 Å². The minimum atomic E-state index is -0.481. The predicted molar refractivity (Wildman–Crippen MR) is 118 cm³/mol. The van der Waals surface area contributed by atoms with Crippen LogP contribution in [-0.4, -0.2) is 22.6 Å². The van der Waals surface area contributed by atoms with E-state index < -0.39 is 17.6 Å². The Morgan fingerprint density at radius 3 is 2.65 bits per heavy atom. The van der Waals surface area contributed by atoms with Crippen molar-refractivity contribution in [3.63, 3.8) is 0 Å². The number of hydrogen-bond donors (Lipinski definition) is 0. The molecule has 0 N–H and O–H groups in total. The lowest BCUT2D eigenvalue weighted by atomic mass is 9.96. The largest absolute Gasteiger partial charge is 0.479 e. The lowest BCUT2D eigenvalue weighted by Gasteiger charge is -2.37. The van der Waals surface area contributed by atoms with Crippen LogP contribution in [0.15, 0.2) is 53.1 Å². The molecule has 1 fully saturated rings. The first kappa shape index (κ1) is 21.8. The molecule has 31 heavy (non-hydrogen) atoms. The van der Waals surface area contributed by atoms with Gasteiger partial charge in [0.25, 0.3) is 5.88 Å². The summed E-state index contributed by atoms with van der Waals surface area (Å²) in [5.41, 5.74) is 1.86. The van der Waals surface area contributed by atoms with Crippen LogP contribution in [0.1, 0.15) is 60.3 Å². The Kier molecular flexibility index (Phi) is 6.62. The van der Waals surface area contributed by atoms with E-state index in [0.29, 0.717) is 29.0 Å². The molecule has 4 rings (SSSR count). The summed E-state index contributed by atoms with van der Waals surface area (Å²) in [7, 11) is 1.48. The second-order valence-corrected chi connectivity index (χ2v) is 9.21. The zero-order chi connectivity index (χ0) is 22.0. The van der Waals surface area contributed by atoms with E-state index in [-0.39, 0.29) is 11.6 Å². The minimum Gasteiger partial charge on any atom is -0.479 e. The fourth-order valence-corrected chi connectivity index (χ4v) is 5.27. The molecule has 4 nitrogen and oxygen atoms in total. The molecule has 164 valence electrons. The van der Waals surface area contributed by atoms with Gasteiger partial charge in [0.2, 0.25) is 0 Å². The molecule has 0 aliphatic carbocycles. The fraction of sp³-hybridized carbons (Fsp3) is 0.375. The SMILES string of the molecule is COc1cc(C(C)c2cc(F)c(CN3SC(c4ccccc4)CC[C@@H]3C)cc2F)on1. The van der Waals surface area contributed by atoms with Crippen molar-refractivity contribution in [1.29, 1.82) is 0 Å². The summed E-state index contributed by atoms with van der Waals surface area (Å²) < 4.78 is 42.4. The average Bonchev–Trinajstić information content (AvgIpc) is 3.27. The summed E-state index contributed by atoms with van der Waals surface area (Å²) >= 11 is 1.72. The van der Waals surface area contributed by atoms with E-state index in [1.807, 2.05) is 18.2 Å². The molecule has 7 heteroatoms. The Labute approximate surface area is 185 Å². The molecular weight excluding hydrogens is 418 g/mol. The summed E-state index contributed by atoms with van der Waals surface area (Å²) in [4.78, 5) is 0. The molecule has 1 aliphatic heterocycles. The second-order valence-electron chi connectivity index (χ2n) is 7.96. The van der Waals surface area contributed by atoms with Crippen LogP contribution in [0.25, 0.3) is 0 Å². The summed E-state index contributed by atoms with van der Waals surface area (Å²) in [5, 5.41) is 4.07. The van der Waals surface area contributed by atoms with Crippen molar-refractivity contribution in [2.75, 3.05) is 7.11 Å². The molecule has 0 bridgehead atoms. The van der Waals surface area contributed by atoms with Crippen molar-refractivity contribution in [2.24, 2.45) is 0 Å². The lowest BCUT2D eigenvalue weighted by molar-refractivity contribution is 0.316. The molecule has 2 heterocycles. The number of aromatic nitrogens is 1. The number of hydrogen-bond acceptors (Lipinski definition) is 5. The zero-order valence-corrected chi connectivity index (χ0v) is 18.7. The molecule has 3 aromatic rings. The predicted octanol–water partition coefficient (Wildman–Crippen LogP) is 6.49. The number of nitrogens with zero attached hydrogens (tertiary/aromatic N) is 2. The molecular formula is C24H26F2N2O2S. The molecule has 1 aromatic heterocycles. The maximum atomic E-state index is 15.0. The first-order chi connectivity index (χ1) is 15.0. The van der Waals surface area contributed by atoms with Gasteiger partial charge in [-0.3, -0.25) is 0 Å². The van der Waals surface area contributed by atoms with Crippen LogP contribution < -0.4 is 4.74 Å². The summed E-state index contributed by atoms with van der Waals surface area (Å²) in [5.74, 6) is -0.610. The Balaban J connectivity index is 1.52. The highest BCUT2D eigenvalue weighted by Crippen LogP contribution is 2.43. The van der Waals surface area contributed by atoms with Crippen LogP contribution in [-0.2, 0) is 6.54 Å². The van der Waals surface area contributed by atoms with Gasteiger partial charge in [-0.15, -0.1) is 0 Å². The van der Waals surface area contributed by atoms with Gasteiger partial charge in [0.05, 0.1) is 7.11 Å². The third-order valence-electron chi connectivity index (χ3n) is 5.87. The van der Waals surface area contributed by atoms with Crippen LogP contribution in [0.2, 0.25) is 0 Å². The molecule has 2 unspecified atom stereocenters. The van der Waals surface area contributed by atoms with Gasteiger partial charge in [0.15, 0.2) is 0 Å². The van der Waals surface area contributed by atoms with Crippen molar-refractivity contribution < 1.29 is 18.0 Å². The number of rotatable bonds is 6. The van der Waals surface area contributed by atoms with Gasteiger partial charge in [0.1, 0.15) is 17.4 Å². The zero-order valence-electron chi connectivity index (χ0n) is 17.8. The van der Waals surface area contributed by atoms with Gasteiger partial charge >= 0.3 is 0 Å². The number of benzene rings is 2. The van der Waals surface area contributed by atoms with E-state index in [2.05, 4.69) is 28.5 Å². The number of halogens is 2. The monoisotopic (exact) mass is 444 g/mol. The smallest absolute Gasteiger partial charge is 0.254 e. The molecule has 0 radical (unpaired) electrons. The average molecular weight is 445 g/mol. The standard InChI is InChI=1S/C24H26F2N2O2S/c1-15-9-10-23(17-7-5-4-6-8-17)31-28(15)14-18-11-21(26)19(12-20(18)25)16(2)22-13-24(29-3)27-30-22/h4-8,11-13,15-16,23H,9-10,14H2,1-3H3/t15-,16?,23?/m0/s1. The Bertz CT molecular complexity index is 1030. The van der Waals surface area contributed by atoms with E-state index in [0.717, 1.165) is 12.8 Å². The van der Waals surface area contributed by atoms with Crippen molar-refractivity contribution in [3.8, 4) is 5.88 Å². The van der Waals surface area contributed by atoms with Gasteiger partial charge in [0, 0.05) is 40.9 Å². The normalized spacial score (nSPS) is 20.5. The highest BCUT2D eigenvalue weighted by atomic mass is 32.2. The fourth-order valence-electron chi connectivity index (χ4n) is 3.89. The molecule has 2 aromatic carbocycles. The quantitative estimate of drug-likeness (QED) is 0.407. The third-order valence-corrected chi connectivity index (χ3v) is 7.40. The Morgan fingerprint density at radius 2 is 1.94 bits per heavy atom.